The summed E-state index contributed by atoms with van der Waals surface area (Å²) in [5, 5.41) is 0. The first-order valence-electron chi connectivity index (χ1n) is 4.68. The van der Waals surface area contributed by atoms with E-state index in [0.29, 0.717) is 10.2 Å². The summed E-state index contributed by atoms with van der Waals surface area (Å²) in [6.07, 6.45) is 4.31. The highest BCUT2D eigenvalue weighted by molar-refractivity contribution is 7.81. The Morgan fingerprint density at radius 3 is 1.91 bits per heavy atom. The molecule has 0 aromatic heterocycles. The summed E-state index contributed by atoms with van der Waals surface area (Å²) in [5.41, 5.74) is 0.471. The molecule has 0 heterocycles. The Kier molecular flexibility index (Phi) is 1.44. The molecular weight excluding hydrogens is 152 g/mol. The van der Waals surface area contributed by atoms with Crippen LogP contribution in [0.15, 0.2) is 0 Å². The minimum absolute atomic E-state index is 0.302. The van der Waals surface area contributed by atoms with Crippen LogP contribution in [-0.4, -0.2) is 4.75 Å². The molecular formula is C10H18S. The smallest absolute Gasteiger partial charge is 0.0183 e. The van der Waals surface area contributed by atoms with Gasteiger partial charge in [0.15, 0.2) is 0 Å². The summed E-state index contributed by atoms with van der Waals surface area (Å²) in [4.78, 5) is 0. The highest BCUT2D eigenvalue weighted by atomic mass is 32.1. The van der Waals surface area contributed by atoms with Crippen LogP contribution in [0.1, 0.15) is 40.0 Å². The standard InChI is InChI=1S/C10H18S/c1-9(2)7-4-5-8(6-7)10(9,3)11/h7-8,11H,4-6H2,1-3H3/t7-,8+,10-/m1/s1. The fourth-order valence-electron chi connectivity index (χ4n) is 3.09. The van der Waals surface area contributed by atoms with E-state index >= 15 is 0 Å². The van der Waals surface area contributed by atoms with Gasteiger partial charge in [-0.2, -0.15) is 12.6 Å². The Morgan fingerprint density at radius 1 is 1.09 bits per heavy atom. The molecule has 0 aromatic rings. The van der Waals surface area contributed by atoms with Gasteiger partial charge in [0.1, 0.15) is 0 Å². The van der Waals surface area contributed by atoms with Crippen molar-refractivity contribution in [2.75, 3.05) is 0 Å². The molecule has 0 spiro atoms. The van der Waals surface area contributed by atoms with Crippen molar-refractivity contribution in [2.45, 2.75) is 44.8 Å². The van der Waals surface area contributed by atoms with Gasteiger partial charge in [0, 0.05) is 4.75 Å². The van der Waals surface area contributed by atoms with Crippen molar-refractivity contribution in [3.05, 3.63) is 0 Å². The molecule has 2 rings (SSSR count). The molecule has 0 nitrogen and oxygen atoms in total. The van der Waals surface area contributed by atoms with Gasteiger partial charge in [-0.15, -0.1) is 0 Å². The molecule has 0 aliphatic heterocycles. The van der Waals surface area contributed by atoms with Crippen LogP contribution >= 0.6 is 12.6 Å². The van der Waals surface area contributed by atoms with E-state index in [1.807, 2.05) is 0 Å². The molecule has 0 N–H and O–H groups in total. The maximum atomic E-state index is 4.84. The second-order valence-electron chi connectivity index (χ2n) is 5.08. The third-order valence-electron chi connectivity index (χ3n) is 4.55. The minimum atomic E-state index is 0.302. The first-order valence-corrected chi connectivity index (χ1v) is 5.13. The predicted molar refractivity (Wildman–Crippen MR) is 52.0 cm³/mol. The summed E-state index contributed by atoms with van der Waals surface area (Å²) in [7, 11) is 0. The first kappa shape index (κ1) is 7.97. The van der Waals surface area contributed by atoms with E-state index in [2.05, 4.69) is 20.8 Å². The van der Waals surface area contributed by atoms with Crippen molar-refractivity contribution in [1.29, 1.82) is 0 Å². The SMILES string of the molecule is CC1(C)[C@@H]2CC[C@@H](C2)[C@@]1(C)S. The fourth-order valence-corrected chi connectivity index (χ4v) is 3.50. The second kappa shape index (κ2) is 1.99. The molecule has 0 saturated heterocycles. The van der Waals surface area contributed by atoms with Crippen LogP contribution in [0, 0.1) is 17.3 Å². The summed E-state index contributed by atoms with van der Waals surface area (Å²) >= 11 is 4.84. The monoisotopic (exact) mass is 170 g/mol. The maximum Gasteiger partial charge on any atom is 0.0183 e. The van der Waals surface area contributed by atoms with Gasteiger partial charge in [-0.25, -0.2) is 0 Å². The van der Waals surface area contributed by atoms with Gasteiger partial charge in [-0.05, 0) is 43.4 Å². The van der Waals surface area contributed by atoms with E-state index < -0.39 is 0 Å². The van der Waals surface area contributed by atoms with Crippen LogP contribution in [0.3, 0.4) is 0 Å². The lowest BCUT2D eigenvalue weighted by Gasteiger charge is -2.44. The summed E-state index contributed by atoms with van der Waals surface area (Å²) < 4.78 is 0.302. The normalized spacial score (nSPS) is 53.5. The van der Waals surface area contributed by atoms with Crippen molar-refractivity contribution in [3.8, 4) is 0 Å². The van der Waals surface area contributed by atoms with Crippen molar-refractivity contribution in [3.63, 3.8) is 0 Å². The van der Waals surface area contributed by atoms with E-state index in [1.165, 1.54) is 19.3 Å². The number of thiol groups is 1. The lowest BCUT2D eigenvalue weighted by Crippen LogP contribution is -2.42. The first-order chi connectivity index (χ1) is 4.96. The van der Waals surface area contributed by atoms with E-state index in [4.69, 9.17) is 12.6 Å². The molecule has 2 aliphatic carbocycles. The van der Waals surface area contributed by atoms with Crippen LogP contribution in [0.4, 0.5) is 0 Å². The zero-order chi connectivity index (χ0) is 8.28. The fraction of sp³-hybridized carbons (Fsp3) is 1.00. The Hall–Kier alpha value is 0.350. The van der Waals surface area contributed by atoms with Crippen LogP contribution in [0.25, 0.3) is 0 Å². The zero-order valence-corrected chi connectivity index (χ0v) is 8.62. The van der Waals surface area contributed by atoms with Gasteiger partial charge >= 0.3 is 0 Å². The molecule has 11 heavy (non-hydrogen) atoms. The van der Waals surface area contributed by atoms with E-state index in [0.717, 1.165) is 11.8 Å². The van der Waals surface area contributed by atoms with E-state index in [1.54, 1.807) is 0 Å². The lowest BCUT2D eigenvalue weighted by molar-refractivity contribution is 0.167. The van der Waals surface area contributed by atoms with Crippen molar-refractivity contribution in [2.24, 2.45) is 17.3 Å². The molecule has 2 aliphatic rings. The van der Waals surface area contributed by atoms with Gasteiger partial charge in [-0.3, -0.25) is 0 Å². The van der Waals surface area contributed by atoms with E-state index in [-0.39, 0.29) is 0 Å². The molecule has 3 atom stereocenters. The molecule has 0 amide bonds. The van der Waals surface area contributed by atoms with Crippen molar-refractivity contribution < 1.29 is 0 Å². The third kappa shape index (κ3) is 0.783. The number of fused-ring (bicyclic) bond motifs is 2. The lowest BCUT2D eigenvalue weighted by atomic mass is 9.69. The Bertz CT molecular complexity index is 161. The van der Waals surface area contributed by atoms with Gasteiger partial charge in [0.05, 0.1) is 0 Å². The topological polar surface area (TPSA) is 0 Å². The molecule has 2 saturated carbocycles. The van der Waals surface area contributed by atoms with Gasteiger partial charge in [0.2, 0.25) is 0 Å². The third-order valence-corrected chi connectivity index (χ3v) is 5.49. The molecule has 0 radical (unpaired) electrons. The molecule has 0 aromatic carbocycles. The molecule has 2 fully saturated rings. The largest absolute Gasteiger partial charge is 0.172 e. The summed E-state index contributed by atoms with van der Waals surface area (Å²) in [6, 6.07) is 0. The number of hydrogen-bond acceptors (Lipinski definition) is 1. The highest BCUT2D eigenvalue weighted by Crippen LogP contribution is 2.63. The Morgan fingerprint density at radius 2 is 1.64 bits per heavy atom. The average molecular weight is 170 g/mol. The zero-order valence-electron chi connectivity index (χ0n) is 7.72. The van der Waals surface area contributed by atoms with Crippen LogP contribution in [0.5, 0.6) is 0 Å². The Labute approximate surface area is 75.2 Å². The average Bonchev–Trinajstić information content (AvgIpc) is 2.37. The van der Waals surface area contributed by atoms with Crippen LogP contribution in [-0.2, 0) is 0 Å². The highest BCUT2D eigenvalue weighted by Gasteiger charge is 2.58. The Balaban J connectivity index is 2.36. The second-order valence-corrected chi connectivity index (χ2v) is 6.01. The molecule has 2 bridgehead atoms. The summed E-state index contributed by atoms with van der Waals surface area (Å²) in [5.74, 6) is 1.85. The molecule has 0 unspecified atom stereocenters. The summed E-state index contributed by atoms with van der Waals surface area (Å²) in [6.45, 7) is 7.12. The number of rotatable bonds is 0. The van der Waals surface area contributed by atoms with E-state index in [9.17, 15) is 0 Å². The van der Waals surface area contributed by atoms with Gasteiger partial charge in [-0.1, -0.05) is 13.8 Å². The quantitative estimate of drug-likeness (QED) is 0.531. The molecule has 64 valence electrons. The van der Waals surface area contributed by atoms with Crippen LogP contribution < -0.4 is 0 Å². The molecule has 1 heteroatoms. The van der Waals surface area contributed by atoms with Gasteiger partial charge < -0.3 is 0 Å². The minimum Gasteiger partial charge on any atom is -0.172 e. The predicted octanol–water partition coefficient (Wildman–Crippen LogP) is 3.13. The maximum absolute atomic E-state index is 4.84. The van der Waals surface area contributed by atoms with Crippen molar-refractivity contribution in [1.82, 2.24) is 0 Å². The number of hydrogen-bond donors (Lipinski definition) is 1. The van der Waals surface area contributed by atoms with Crippen molar-refractivity contribution >= 4 is 12.6 Å². The van der Waals surface area contributed by atoms with Gasteiger partial charge in [0.25, 0.3) is 0 Å². The van der Waals surface area contributed by atoms with Crippen LogP contribution in [0.2, 0.25) is 0 Å².